The van der Waals surface area contributed by atoms with Crippen LogP contribution in [0.5, 0.6) is 0 Å². The number of ether oxygens (including phenoxy) is 1. The van der Waals surface area contributed by atoms with E-state index in [0.29, 0.717) is 18.9 Å². The van der Waals surface area contributed by atoms with Crippen molar-refractivity contribution >= 4 is 5.91 Å². The van der Waals surface area contributed by atoms with Gasteiger partial charge in [0.05, 0.1) is 6.10 Å². The number of aryl methyl sites for hydroxylation is 2. The molecule has 1 aliphatic rings. The van der Waals surface area contributed by atoms with Crippen molar-refractivity contribution in [1.82, 2.24) is 20.1 Å². The van der Waals surface area contributed by atoms with Gasteiger partial charge in [-0.2, -0.15) is 5.10 Å². The van der Waals surface area contributed by atoms with Crippen LogP contribution < -0.4 is 0 Å². The molecule has 7 nitrogen and oxygen atoms in total. The van der Waals surface area contributed by atoms with Gasteiger partial charge in [0.25, 0.3) is 5.91 Å². The molecule has 2 aromatic rings. The van der Waals surface area contributed by atoms with Gasteiger partial charge in [-0.15, -0.1) is 0 Å². The summed E-state index contributed by atoms with van der Waals surface area (Å²) in [7, 11) is 1.76. The van der Waals surface area contributed by atoms with E-state index in [9.17, 15) is 4.79 Å². The normalized spacial score (nSPS) is 21.2. The Kier molecular flexibility index (Phi) is 3.98. The maximum Gasteiger partial charge on any atom is 0.289 e. The van der Waals surface area contributed by atoms with Crippen molar-refractivity contribution in [3.8, 4) is 0 Å². The predicted octanol–water partition coefficient (Wildman–Crippen LogP) is 1.66. The number of carbonyl (C=O) groups is 1. The van der Waals surface area contributed by atoms with E-state index in [0.717, 1.165) is 23.6 Å². The number of nitrogens with zero attached hydrogens (tertiary/aromatic N) is 3. The molecule has 3 heterocycles. The third-order valence-electron chi connectivity index (χ3n) is 4.03. The molecule has 1 fully saturated rings. The number of likely N-dealkylation sites (N-methyl/N-ethyl adjacent to an activating group) is 1. The highest BCUT2D eigenvalue weighted by Crippen LogP contribution is 2.29. The first kappa shape index (κ1) is 14.8. The van der Waals surface area contributed by atoms with E-state index < -0.39 is 0 Å². The van der Waals surface area contributed by atoms with Gasteiger partial charge in [-0.25, -0.2) is 4.98 Å². The van der Waals surface area contributed by atoms with Gasteiger partial charge in [-0.1, -0.05) is 0 Å². The Morgan fingerprint density at radius 2 is 2.32 bits per heavy atom. The van der Waals surface area contributed by atoms with Gasteiger partial charge in [0.2, 0.25) is 0 Å². The highest BCUT2D eigenvalue weighted by Gasteiger charge is 2.34. The second-order valence-corrected chi connectivity index (χ2v) is 5.73. The number of hydrogen-bond acceptors (Lipinski definition) is 5. The lowest BCUT2D eigenvalue weighted by Gasteiger charge is -2.23. The zero-order valence-electron chi connectivity index (χ0n) is 13.0. The van der Waals surface area contributed by atoms with Crippen LogP contribution in [0, 0.1) is 13.8 Å². The zero-order valence-corrected chi connectivity index (χ0v) is 13.0. The maximum absolute atomic E-state index is 12.5. The molecule has 0 spiro atoms. The average Bonchev–Trinajstić information content (AvgIpc) is 3.18. The van der Waals surface area contributed by atoms with Crippen molar-refractivity contribution in [1.29, 1.82) is 0 Å². The maximum atomic E-state index is 12.5. The van der Waals surface area contributed by atoms with Crippen LogP contribution in [0.15, 0.2) is 16.8 Å². The predicted molar refractivity (Wildman–Crippen MR) is 78.6 cm³/mol. The van der Waals surface area contributed by atoms with Crippen molar-refractivity contribution in [3.63, 3.8) is 0 Å². The smallest absolute Gasteiger partial charge is 0.289 e. The Labute approximate surface area is 128 Å². The number of amides is 1. The Hall–Kier alpha value is -2.15. The first-order valence-corrected chi connectivity index (χ1v) is 7.35. The molecule has 0 radical (unpaired) electrons. The van der Waals surface area contributed by atoms with Crippen LogP contribution >= 0.6 is 0 Å². The molecular formula is C15H20N4O3. The molecule has 22 heavy (non-hydrogen) atoms. The van der Waals surface area contributed by atoms with Crippen LogP contribution in [-0.4, -0.2) is 52.3 Å². The molecular weight excluding hydrogens is 284 g/mol. The lowest BCUT2D eigenvalue weighted by molar-refractivity contribution is 0.0527. The molecule has 1 aliphatic heterocycles. The first-order chi connectivity index (χ1) is 10.6. The number of furan rings is 1. The molecule has 1 amide bonds. The van der Waals surface area contributed by atoms with E-state index in [-0.39, 0.29) is 17.9 Å². The molecule has 0 aromatic carbocycles. The second kappa shape index (κ2) is 5.92. The minimum absolute atomic E-state index is 0.0849. The van der Waals surface area contributed by atoms with Crippen LogP contribution in [0.2, 0.25) is 0 Å². The Morgan fingerprint density at radius 3 is 2.95 bits per heavy atom. The SMILES string of the molecule is Cc1cc(C)c(C(=O)N(C)C[C@H]2OCC[C@H]2c2ncn[nH]2)o1. The van der Waals surface area contributed by atoms with Gasteiger partial charge >= 0.3 is 0 Å². The van der Waals surface area contributed by atoms with E-state index in [4.69, 9.17) is 9.15 Å². The molecule has 0 aliphatic carbocycles. The molecule has 3 rings (SSSR count). The topological polar surface area (TPSA) is 84.3 Å². The van der Waals surface area contributed by atoms with E-state index in [2.05, 4.69) is 15.2 Å². The van der Waals surface area contributed by atoms with Crippen LogP contribution in [0.25, 0.3) is 0 Å². The van der Waals surface area contributed by atoms with Gasteiger partial charge in [-0.3, -0.25) is 9.89 Å². The summed E-state index contributed by atoms with van der Waals surface area (Å²) in [6.07, 6.45) is 2.29. The summed E-state index contributed by atoms with van der Waals surface area (Å²) >= 11 is 0. The summed E-state index contributed by atoms with van der Waals surface area (Å²) in [4.78, 5) is 18.4. The van der Waals surface area contributed by atoms with Crippen LogP contribution in [0.1, 0.15) is 40.0 Å². The fourth-order valence-corrected chi connectivity index (χ4v) is 2.91. The largest absolute Gasteiger partial charge is 0.456 e. The number of aromatic nitrogens is 3. The molecule has 0 saturated carbocycles. The lowest BCUT2D eigenvalue weighted by Crippen LogP contribution is -2.36. The zero-order chi connectivity index (χ0) is 15.7. The van der Waals surface area contributed by atoms with Crippen molar-refractivity contribution < 1.29 is 13.9 Å². The van der Waals surface area contributed by atoms with Crippen LogP contribution in [-0.2, 0) is 4.74 Å². The van der Waals surface area contributed by atoms with Gasteiger partial charge in [0, 0.05) is 31.7 Å². The minimum Gasteiger partial charge on any atom is -0.456 e. The highest BCUT2D eigenvalue weighted by atomic mass is 16.5. The van der Waals surface area contributed by atoms with Crippen molar-refractivity contribution in [2.75, 3.05) is 20.2 Å². The fraction of sp³-hybridized carbons (Fsp3) is 0.533. The summed E-state index contributed by atoms with van der Waals surface area (Å²) in [6.45, 7) is 4.87. The number of rotatable bonds is 4. The molecule has 1 saturated heterocycles. The molecule has 7 heteroatoms. The third kappa shape index (κ3) is 2.76. The van der Waals surface area contributed by atoms with E-state index >= 15 is 0 Å². The quantitative estimate of drug-likeness (QED) is 0.928. The van der Waals surface area contributed by atoms with Crippen molar-refractivity contribution in [2.45, 2.75) is 32.3 Å². The summed E-state index contributed by atoms with van der Waals surface area (Å²) in [5.74, 6) is 1.96. The van der Waals surface area contributed by atoms with Gasteiger partial charge < -0.3 is 14.1 Å². The van der Waals surface area contributed by atoms with E-state index in [1.54, 1.807) is 11.9 Å². The van der Waals surface area contributed by atoms with Gasteiger partial charge in [0.15, 0.2) is 5.76 Å². The number of H-pyrrole nitrogens is 1. The third-order valence-corrected chi connectivity index (χ3v) is 4.03. The summed E-state index contributed by atoms with van der Waals surface area (Å²) in [5.41, 5.74) is 0.855. The standard InChI is InChI=1S/C15H20N4O3/c1-9-6-10(2)22-13(9)15(20)19(3)7-12-11(4-5-21-12)14-16-8-17-18-14/h6,8,11-12H,4-5,7H2,1-3H3,(H,16,17,18)/t11-,12-/m1/s1. The number of hydrogen-bond donors (Lipinski definition) is 1. The van der Waals surface area contributed by atoms with Gasteiger partial charge in [0.1, 0.15) is 17.9 Å². The van der Waals surface area contributed by atoms with Crippen LogP contribution in [0.4, 0.5) is 0 Å². The highest BCUT2D eigenvalue weighted by molar-refractivity contribution is 5.92. The molecule has 2 atom stereocenters. The average molecular weight is 304 g/mol. The first-order valence-electron chi connectivity index (χ1n) is 7.35. The lowest BCUT2D eigenvalue weighted by atomic mass is 10.0. The molecule has 0 bridgehead atoms. The number of nitrogens with one attached hydrogen (secondary N) is 1. The molecule has 1 N–H and O–H groups in total. The monoisotopic (exact) mass is 304 g/mol. The Morgan fingerprint density at radius 1 is 1.50 bits per heavy atom. The van der Waals surface area contributed by atoms with Crippen LogP contribution in [0.3, 0.4) is 0 Å². The minimum atomic E-state index is -0.127. The molecule has 0 unspecified atom stereocenters. The fourth-order valence-electron chi connectivity index (χ4n) is 2.91. The Bertz CT molecular complexity index is 650. The second-order valence-electron chi connectivity index (χ2n) is 5.73. The van der Waals surface area contributed by atoms with E-state index in [1.165, 1.54) is 6.33 Å². The number of aromatic amines is 1. The van der Waals surface area contributed by atoms with E-state index in [1.807, 2.05) is 19.9 Å². The Balaban J connectivity index is 1.69. The molecule has 2 aromatic heterocycles. The molecule has 118 valence electrons. The summed E-state index contributed by atoms with van der Waals surface area (Å²) < 4.78 is 11.3. The summed E-state index contributed by atoms with van der Waals surface area (Å²) in [5, 5.41) is 6.78. The van der Waals surface area contributed by atoms with Crippen molar-refractivity contribution in [3.05, 3.63) is 35.3 Å². The number of carbonyl (C=O) groups excluding carboxylic acids is 1. The van der Waals surface area contributed by atoms with Gasteiger partial charge in [-0.05, 0) is 26.3 Å². The van der Waals surface area contributed by atoms with Crippen molar-refractivity contribution in [2.24, 2.45) is 0 Å². The summed E-state index contributed by atoms with van der Waals surface area (Å²) in [6, 6.07) is 1.87.